The maximum absolute atomic E-state index is 3.74. The Labute approximate surface area is 264 Å². The van der Waals surface area contributed by atoms with Crippen LogP contribution in [0.3, 0.4) is 0 Å². The van der Waals surface area contributed by atoms with E-state index in [0.717, 1.165) is 25.9 Å². The Morgan fingerprint density at radius 3 is 1.47 bits per heavy atom. The summed E-state index contributed by atoms with van der Waals surface area (Å²) in [5.74, 6) is 0. The Hall–Kier alpha value is -2.68. The van der Waals surface area contributed by atoms with Gasteiger partial charge in [-0.1, -0.05) is 92.4 Å². The molecular weight excluding hydrogens is 520 g/mol. The molecule has 0 bridgehead atoms. The van der Waals surface area contributed by atoms with Gasteiger partial charge in [0.15, 0.2) is 0 Å². The molecule has 0 atom stereocenters. The molecule has 0 unspecified atom stereocenters. The smallest absolute Gasteiger partial charge is 0.0383 e. The van der Waals surface area contributed by atoms with Crippen LogP contribution in [0.4, 0.5) is 0 Å². The maximum Gasteiger partial charge on any atom is 0.0383 e. The Morgan fingerprint density at radius 1 is 0.605 bits per heavy atom. The van der Waals surface area contributed by atoms with Crippen molar-refractivity contribution < 1.29 is 0 Å². The molecule has 2 nitrogen and oxygen atoms in total. The van der Waals surface area contributed by atoms with Crippen molar-refractivity contribution in [1.29, 1.82) is 0 Å². The van der Waals surface area contributed by atoms with Gasteiger partial charge in [0.05, 0.1) is 0 Å². The fourth-order valence-corrected chi connectivity index (χ4v) is 6.54. The van der Waals surface area contributed by atoms with E-state index in [0.29, 0.717) is 0 Å². The topological polar surface area (TPSA) is 24.1 Å². The quantitative estimate of drug-likeness (QED) is 0.244. The number of unbranched alkanes of at least 4 members (excludes halogenated alkanes) is 2. The highest BCUT2D eigenvalue weighted by molar-refractivity contribution is 5.80. The SMILES string of the molecule is CCCCNC(C)(C)c1ccccc1C1=C(C)C(C)=C(C)C1.CCCCNC(C)(C)c1ccccc1C1=C(C)C=C(C)C1. The van der Waals surface area contributed by atoms with Crippen LogP contribution in [0.25, 0.3) is 11.1 Å². The second kappa shape index (κ2) is 15.4. The third-order valence-electron chi connectivity index (χ3n) is 9.54. The molecule has 0 amide bonds. The van der Waals surface area contributed by atoms with Crippen molar-refractivity contribution in [1.82, 2.24) is 10.6 Å². The van der Waals surface area contributed by atoms with Crippen molar-refractivity contribution in [2.75, 3.05) is 13.1 Å². The highest BCUT2D eigenvalue weighted by Gasteiger charge is 2.27. The first kappa shape index (κ1) is 34.8. The molecule has 4 rings (SSSR count). The number of rotatable bonds is 12. The lowest BCUT2D eigenvalue weighted by molar-refractivity contribution is 0.398. The summed E-state index contributed by atoms with van der Waals surface area (Å²) in [5, 5.41) is 7.47. The van der Waals surface area contributed by atoms with Crippen LogP contribution in [0, 0.1) is 0 Å². The number of hydrogen-bond donors (Lipinski definition) is 2. The van der Waals surface area contributed by atoms with E-state index in [1.165, 1.54) is 86.9 Å². The Bertz CT molecular complexity index is 1380. The lowest BCUT2D eigenvalue weighted by atomic mass is 9.85. The van der Waals surface area contributed by atoms with Gasteiger partial charge in [-0.15, -0.1) is 0 Å². The summed E-state index contributed by atoms with van der Waals surface area (Å²) in [4.78, 5) is 0. The molecule has 2 N–H and O–H groups in total. The zero-order valence-electron chi connectivity index (χ0n) is 29.4. The van der Waals surface area contributed by atoms with Gasteiger partial charge in [0, 0.05) is 11.1 Å². The minimum absolute atomic E-state index is 0.00342. The van der Waals surface area contributed by atoms with Crippen molar-refractivity contribution >= 4 is 11.1 Å². The molecule has 234 valence electrons. The van der Waals surface area contributed by atoms with Crippen molar-refractivity contribution in [2.45, 2.75) is 126 Å². The maximum atomic E-state index is 3.74. The van der Waals surface area contributed by atoms with Gasteiger partial charge in [-0.3, -0.25) is 0 Å². The van der Waals surface area contributed by atoms with Crippen LogP contribution in [-0.4, -0.2) is 13.1 Å². The zero-order valence-corrected chi connectivity index (χ0v) is 29.4. The minimum Gasteiger partial charge on any atom is -0.308 e. The van der Waals surface area contributed by atoms with Gasteiger partial charge >= 0.3 is 0 Å². The molecular formula is C41H60N2. The summed E-state index contributed by atoms with van der Waals surface area (Å²) in [7, 11) is 0. The van der Waals surface area contributed by atoms with Crippen LogP contribution in [0.1, 0.15) is 137 Å². The van der Waals surface area contributed by atoms with Crippen LogP contribution < -0.4 is 10.6 Å². The molecule has 43 heavy (non-hydrogen) atoms. The van der Waals surface area contributed by atoms with Gasteiger partial charge in [-0.2, -0.15) is 0 Å². The van der Waals surface area contributed by atoms with E-state index in [9.17, 15) is 0 Å². The zero-order chi connectivity index (χ0) is 31.8. The van der Waals surface area contributed by atoms with E-state index >= 15 is 0 Å². The molecule has 2 aromatic carbocycles. The van der Waals surface area contributed by atoms with Gasteiger partial charge < -0.3 is 10.6 Å². The first-order chi connectivity index (χ1) is 20.3. The minimum atomic E-state index is 0.00342. The van der Waals surface area contributed by atoms with E-state index in [-0.39, 0.29) is 11.1 Å². The lowest BCUT2D eigenvalue weighted by Gasteiger charge is -2.30. The van der Waals surface area contributed by atoms with Crippen LogP contribution in [0.5, 0.6) is 0 Å². The molecule has 2 aromatic rings. The number of benzene rings is 2. The molecule has 0 heterocycles. The first-order valence-electron chi connectivity index (χ1n) is 16.8. The Morgan fingerprint density at radius 2 is 1.07 bits per heavy atom. The molecule has 0 radical (unpaired) electrons. The van der Waals surface area contributed by atoms with Gasteiger partial charge in [-0.25, -0.2) is 0 Å². The summed E-state index contributed by atoms with van der Waals surface area (Å²) in [6.07, 6.45) is 9.44. The third kappa shape index (κ3) is 8.70. The molecule has 0 saturated heterocycles. The van der Waals surface area contributed by atoms with Crippen molar-refractivity contribution in [3.8, 4) is 0 Å². The first-order valence-corrected chi connectivity index (χ1v) is 16.8. The number of nitrogens with one attached hydrogen (secondary N) is 2. The molecule has 0 aromatic heterocycles. The normalized spacial score (nSPS) is 15.7. The van der Waals surface area contributed by atoms with Gasteiger partial charge in [0.1, 0.15) is 0 Å². The van der Waals surface area contributed by atoms with Crippen molar-refractivity contribution in [2.24, 2.45) is 0 Å². The van der Waals surface area contributed by atoms with Crippen molar-refractivity contribution in [3.05, 3.63) is 105 Å². The van der Waals surface area contributed by atoms with E-state index in [4.69, 9.17) is 0 Å². The number of allylic oxidation sites excluding steroid dienone is 8. The van der Waals surface area contributed by atoms with Gasteiger partial charge in [-0.05, 0) is 151 Å². The van der Waals surface area contributed by atoms with E-state index in [1.54, 1.807) is 0 Å². The predicted octanol–water partition coefficient (Wildman–Crippen LogP) is 11.3. The highest BCUT2D eigenvalue weighted by atomic mass is 15.0. The van der Waals surface area contributed by atoms with Crippen LogP contribution in [0.2, 0.25) is 0 Å². The molecule has 0 aliphatic heterocycles. The average Bonchev–Trinajstić information content (AvgIpc) is 3.45. The largest absolute Gasteiger partial charge is 0.308 e. The fourth-order valence-electron chi connectivity index (χ4n) is 6.54. The van der Waals surface area contributed by atoms with E-state index in [1.807, 2.05) is 0 Å². The van der Waals surface area contributed by atoms with E-state index < -0.39 is 0 Å². The van der Waals surface area contributed by atoms with Crippen LogP contribution >= 0.6 is 0 Å². The number of hydrogen-bond acceptors (Lipinski definition) is 2. The third-order valence-corrected chi connectivity index (χ3v) is 9.54. The summed E-state index contributed by atoms with van der Waals surface area (Å²) >= 11 is 0. The highest BCUT2D eigenvalue weighted by Crippen LogP contribution is 2.41. The standard InChI is InChI=1S/C21H31N.C20H29N/c1-7-8-13-22-21(5,6)20-12-10-9-11-18(20)19-14-15(2)16(3)17(19)4;1-6-7-12-21-20(4,5)19-11-9-8-10-17(19)18-14-15(2)13-16(18)3/h9-12,22H,7-8,13-14H2,1-6H3;8-11,13,21H,6-7,12,14H2,1-5H3. The molecule has 2 heteroatoms. The summed E-state index contributed by atoms with van der Waals surface area (Å²) < 4.78 is 0. The van der Waals surface area contributed by atoms with Crippen LogP contribution in [-0.2, 0) is 11.1 Å². The Kier molecular flexibility index (Phi) is 12.4. The second-order valence-electron chi connectivity index (χ2n) is 13.9. The van der Waals surface area contributed by atoms with Crippen molar-refractivity contribution in [3.63, 3.8) is 0 Å². The molecule has 2 aliphatic carbocycles. The summed E-state index contributed by atoms with van der Waals surface area (Å²) in [6.45, 7) is 27.1. The monoisotopic (exact) mass is 580 g/mol. The second-order valence-corrected chi connectivity index (χ2v) is 13.9. The molecule has 0 saturated carbocycles. The van der Waals surface area contributed by atoms with Gasteiger partial charge in [0.25, 0.3) is 0 Å². The summed E-state index contributed by atoms with van der Waals surface area (Å²) in [5.41, 5.74) is 16.0. The lowest BCUT2D eigenvalue weighted by Crippen LogP contribution is -2.37. The fraction of sp³-hybridized carbons (Fsp3) is 0.512. The average molecular weight is 581 g/mol. The molecule has 2 aliphatic rings. The predicted molar refractivity (Wildman–Crippen MR) is 191 cm³/mol. The molecule has 0 fully saturated rings. The molecule has 0 spiro atoms. The Balaban J connectivity index is 0.000000236. The van der Waals surface area contributed by atoms with Gasteiger partial charge in [0.2, 0.25) is 0 Å². The van der Waals surface area contributed by atoms with Crippen LogP contribution in [0.15, 0.2) is 82.5 Å². The van der Waals surface area contributed by atoms with E-state index in [2.05, 4.69) is 141 Å². The summed E-state index contributed by atoms with van der Waals surface area (Å²) in [6, 6.07) is 17.8.